The van der Waals surface area contributed by atoms with Gasteiger partial charge in [-0.2, -0.15) is 0 Å². The molecular formula is C14H11ClN2O3S. The summed E-state index contributed by atoms with van der Waals surface area (Å²) in [6.07, 6.45) is 0. The normalized spacial score (nSPS) is 10.8. The van der Waals surface area contributed by atoms with Gasteiger partial charge in [0.1, 0.15) is 11.3 Å². The maximum absolute atomic E-state index is 11.3. The lowest BCUT2D eigenvalue weighted by atomic mass is 10.3. The average Bonchev–Trinajstić information content (AvgIpc) is 3.14. The number of nitrogens with zero attached hydrogens (tertiary/aromatic N) is 1. The summed E-state index contributed by atoms with van der Waals surface area (Å²) in [6, 6.07) is 7.05. The predicted octanol–water partition coefficient (Wildman–Crippen LogP) is 3.94. The summed E-state index contributed by atoms with van der Waals surface area (Å²) >= 11 is 7.75. The van der Waals surface area contributed by atoms with Crippen LogP contribution in [0.1, 0.15) is 16.3 Å². The third-order valence-electron chi connectivity index (χ3n) is 2.94. The molecule has 1 aromatic carbocycles. The van der Waals surface area contributed by atoms with E-state index in [1.807, 2.05) is 12.1 Å². The fourth-order valence-electron chi connectivity index (χ4n) is 1.93. The number of hydrogen-bond donors (Lipinski definition) is 1. The Labute approximate surface area is 129 Å². The van der Waals surface area contributed by atoms with Crippen molar-refractivity contribution < 1.29 is 13.9 Å². The van der Waals surface area contributed by atoms with Gasteiger partial charge in [-0.1, -0.05) is 11.6 Å². The van der Waals surface area contributed by atoms with E-state index in [-0.39, 0.29) is 5.76 Å². The number of carbonyl (C=O) groups is 1. The summed E-state index contributed by atoms with van der Waals surface area (Å²) in [5, 5.41) is 3.79. The highest BCUT2D eigenvalue weighted by molar-refractivity contribution is 7.16. The summed E-state index contributed by atoms with van der Waals surface area (Å²) in [7, 11) is 1.31. The van der Waals surface area contributed by atoms with Gasteiger partial charge in [-0.3, -0.25) is 0 Å². The van der Waals surface area contributed by atoms with E-state index in [9.17, 15) is 4.79 Å². The zero-order chi connectivity index (χ0) is 14.8. The van der Waals surface area contributed by atoms with Crippen LogP contribution in [0.2, 0.25) is 5.02 Å². The number of esters is 1. The first-order chi connectivity index (χ1) is 10.2. The molecule has 0 fully saturated rings. The molecule has 0 aliphatic carbocycles. The van der Waals surface area contributed by atoms with E-state index in [1.165, 1.54) is 7.11 Å². The highest BCUT2D eigenvalue weighted by atomic mass is 35.5. The van der Waals surface area contributed by atoms with Crippen LogP contribution in [0.3, 0.4) is 0 Å². The van der Waals surface area contributed by atoms with E-state index >= 15 is 0 Å². The molecule has 21 heavy (non-hydrogen) atoms. The minimum absolute atomic E-state index is 0.173. The number of methoxy groups -OCH3 is 1. The smallest absolute Gasteiger partial charge is 0.373 e. The van der Waals surface area contributed by atoms with Gasteiger partial charge in [-0.05, 0) is 24.3 Å². The zero-order valence-electron chi connectivity index (χ0n) is 11.1. The lowest BCUT2D eigenvalue weighted by Gasteiger charge is -2.07. The highest BCUT2D eigenvalue weighted by Crippen LogP contribution is 2.32. The third-order valence-corrected chi connectivity index (χ3v) is 4.05. The maximum atomic E-state index is 11.3. The molecule has 0 aliphatic rings. The first-order valence-electron chi connectivity index (χ1n) is 6.11. The second-order valence-corrected chi connectivity index (χ2v) is 5.53. The minimum Gasteiger partial charge on any atom is -0.463 e. The first-order valence-corrected chi connectivity index (χ1v) is 7.37. The topological polar surface area (TPSA) is 64.4 Å². The molecule has 0 atom stereocenters. The number of carbonyl (C=O) groups excluding carboxylic acids is 1. The molecule has 7 heteroatoms. The number of halogens is 1. The lowest BCUT2D eigenvalue weighted by Crippen LogP contribution is -2.01. The van der Waals surface area contributed by atoms with Crippen LogP contribution in [0.15, 0.2) is 34.2 Å². The van der Waals surface area contributed by atoms with Crippen LogP contribution < -0.4 is 5.32 Å². The van der Waals surface area contributed by atoms with E-state index < -0.39 is 5.97 Å². The number of rotatable bonds is 4. The van der Waals surface area contributed by atoms with Gasteiger partial charge in [0, 0.05) is 0 Å². The molecule has 108 valence electrons. The van der Waals surface area contributed by atoms with Crippen LogP contribution in [-0.2, 0) is 11.3 Å². The fourth-order valence-corrected chi connectivity index (χ4v) is 2.84. The number of hydrogen-bond acceptors (Lipinski definition) is 6. The van der Waals surface area contributed by atoms with Crippen LogP contribution >= 0.6 is 22.9 Å². The predicted molar refractivity (Wildman–Crippen MR) is 82.0 cm³/mol. The van der Waals surface area contributed by atoms with Crippen molar-refractivity contribution in [2.24, 2.45) is 0 Å². The van der Waals surface area contributed by atoms with Crippen molar-refractivity contribution in [3.05, 3.63) is 46.3 Å². The fraction of sp³-hybridized carbons (Fsp3) is 0.143. The van der Waals surface area contributed by atoms with Crippen molar-refractivity contribution in [3.63, 3.8) is 0 Å². The number of fused-ring (bicyclic) bond motifs is 1. The number of aromatic nitrogens is 1. The van der Waals surface area contributed by atoms with E-state index in [1.54, 1.807) is 29.0 Å². The van der Waals surface area contributed by atoms with Crippen molar-refractivity contribution in [1.82, 2.24) is 4.98 Å². The highest BCUT2D eigenvalue weighted by Gasteiger charge is 2.12. The number of anilines is 1. The Morgan fingerprint density at radius 1 is 1.43 bits per heavy atom. The number of nitrogens with one attached hydrogen (secondary N) is 1. The largest absolute Gasteiger partial charge is 0.463 e. The summed E-state index contributed by atoms with van der Waals surface area (Å²) in [4.78, 5) is 15.6. The van der Waals surface area contributed by atoms with Gasteiger partial charge >= 0.3 is 5.97 Å². The molecule has 5 nitrogen and oxygen atoms in total. The lowest BCUT2D eigenvalue weighted by molar-refractivity contribution is 0.0563. The van der Waals surface area contributed by atoms with Gasteiger partial charge in [0.05, 0.1) is 34.6 Å². The Morgan fingerprint density at radius 2 is 2.29 bits per heavy atom. The van der Waals surface area contributed by atoms with Crippen LogP contribution in [0.5, 0.6) is 0 Å². The molecule has 0 saturated heterocycles. The van der Waals surface area contributed by atoms with Crippen LogP contribution in [0.25, 0.3) is 10.2 Å². The Bertz CT molecular complexity index is 796. The monoisotopic (exact) mass is 322 g/mol. The van der Waals surface area contributed by atoms with Gasteiger partial charge in [0.2, 0.25) is 5.76 Å². The molecule has 0 bridgehead atoms. The Kier molecular flexibility index (Phi) is 3.81. The van der Waals surface area contributed by atoms with Crippen molar-refractivity contribution in [2.45, 2.75) is 6.54 Å². The summed E-state index contributed by atoms with van der Waals surface area (Å²) in [5.74, 6) is 0.284. The van der Waals surface area contributed by atoms with Gasteiger partial charge in [0.15, 0.2) is 0 Å². The zero-order valence-corrected chi connectivity index (χ0v) is 12.6. The maximum Gasteiger partial charge on any atom is 0.373 e. The van der Waals surface area contributed by atoms with Crippen molar-refractivity contribution in [2.75, 3.05) is 12.4 Å². The summed E-state index contributed by atoms with van der Waals surface area (Å²) < 4.78 is 11.0. The second-order valence-electron chi connectivity index (χ2n) is 4.23. The molecule has 0 radical (unpaired) electrons. The number of thiazole rings is 1. The molecule has 0 aliphatic heterocycles. The van der Waals surface area contributed by atoms with Crippen molar-refractivity contribution in [3.8, 4) is 0 Å². The SMILES string of the molecule is COC(=O)c1ccc(CNc2c(Cl)ccc3scnc23)o1. The van der Waals surface area contributed by atoms with Crippen molar-refractivity contribution in [1.29, 1.82) is 0 Å². The van der Waals surface area contributed by atoms with E-state index in [0.29, 0.717) is 17.3 Å². The Hall–Kier alpha value is -2.05. The Morgan fingerprint density at radius 3 is 3.10 bits per heavy atom. The standard InChI is InChI=1S/C14H11ClN2O3S/c1-19-14(18)10-4-2-8(20-10)6-16-12-9(15)3-5-11-13(12)17-7-21-11/h2-5,7,16H,6H2,1H3. The van der Waals surface area contributed by atoms with Crippen LogP contribution in [0.4, 0.5) is 5.69 Å². The number of benzene rings is 1. The molecule has 2 aromatic heterocycles. The first kappa shape index (κ1) is 13.9. The molecule has 3 aromatic rings. The molecule has 1 N–H and O–H groups in total. The molecule has 2 heterocycles. The average molecular weight is 323 g/mol. The van der Waals surface area contributed by atoms with Crippen molar-refractivity contribution >= 4 is 44.8 Å². The molecule has 0 unspecified atom stereocenters. The summed E-state index contributed by atoms with van der Waals surface area (Å²) in [5.41, 5.74) is 3.35. The summed E-state index contributed by atoms with van der Waals surface area (Å²) in [6.45, 7) is 0.396. The number of furan rings is 1. The second kappa shape index (κ2) is 5.75. The van der Waals surface area contributed by atoms with E-state index in [0.717, 1.165) is 15.9 Å². The van der Waals surface area contributed by atoms with Crippen LogP contribution in [-0.4, -0.2) is 18.1 Å². The van der Waals surface area contributed by atoms with Gasteiger partial charge < -0.3 is 14.5 Å². The van der Waals surface area contributed by atoms with Crippen LogP contribution in [0, 0.1) is 0 Å². The van der Waals surface area contributed by atoms with Gasteiger partial charge in [0.25, 0.3) is 0 Å². The van der Waals surface area contributed by atoms with E-state index in [2.05, 4.69) is 15.0 Å². The van der Waals surface area contributed by atoms with Gasteiger partial charge in [-0.25, -0.2) is 9.78 Å². The molecule has 0 spiro atoms. The molecule has 0 amide bonds. The molecule has 3 rings (SSSR count). The van der Waals surface area contributed by atoms with Gasteiger partial charge in [-0.15, -0.1) is 11.3 Å². The third kappa shape index (κ3) is 2.72. The number of ether oxygens (including phenoxy) is 1. The Balaban J connectivity index is 1.80. The van der Waals surface area contributed by atoms with E-state index in [4.69, 9.17) is 16.0 Å². The quantitative estimate of drug-likeness (QED) is 0.737. The minimum atomic E-state index is -0.499. The molecular weight excluding hydrogens is 312 g/mol. The molecule has 0 saturated carbocycles.